The summed E-state index contributed by atoms with van der Waals surface area (Å²) in [6.07, 6.45) is -1.47. The highest BCUT2D eigenvalue weighted by Crippen LogP contribution is 2.30. The molecule has 0 atom stereocenters. The Bertz CT molecular complexity index is 638. The molecule has 0 saturated carbocycles. The summed E-state index contributed by atoms with van der Waals surface area (Å²) in [6, 6.07) is 6.02. The van der Waals surface area contributed by atoms with Crippen molar-refractivity contribution in [2.45, 2.75) is 13.1 Å². The molecule has 0 spiro atoms. The third-order valence-corrected chi connectivity index (χ3v) is 2.71. The number of aromatic nitrogens is 1. The van der Waals surface area contributed by atoms with Crippen LogP contribution in [0.1, 0.15) is 21.5 Å². The van der Waals surface area contributed by atoms with Crippen LogP contribution in [0.2, 0.25) is 0 Å². The summed E-state index contributed by atoms with van der Waals surface area (Å²) in [5.41, 5.74) is 0.317. The van der Waals surface area contributed by atoms with Crippen molar-refractivity contribution in [2.75, 3.05) is 5.32 Å². The predicted octanol–water partition coefficient (Wildman–Crippen LogP) is 3.66. The average Bonchev–Trinajstić information content (AvgIpc) is 2.38. The number of alkyl halides is 3. The number of anilines is 1. The zero-order valence-corrected chi connectivity index (χ0v) is 10.5. The van der Waals surface area contributed by atoms with Gasteiger partial charge in [-0.1, -0.05) is 6.07 Å². The van der Waals surface area contributed by atoms with Gasteiger partial charge < -0.3 is 5.32 Å². The molecule has 0 fully saturated rings. The summed E-state index contributed by atoms with van der Waals surface area (Å²) in [4.78, 5) is 15.8. The minimum Gasteiger partial charge on any atom is -0.322 e. The minimum absolute atomic E-state index is 0.0982. The molecule has 1 aromatic heterocycles. The van der Waals surface area contributed by atoms with Crippen LogP contribution in [0.4, 0.5) is 18.9 Å². The highest BCUT2D eigenvalue weighted by atomic mass is 19.4. The van der Waals surface area contributed by atoms with Gasteiger partial charge in [-0.05, 0) is 36.8 Å². The number of rotatable bonds is 2. The van der Waals surface area contributed by atoms with E-state index in [-0.39, 0.29) is 5.69 Å². The van der Waals surface area contributed by atoms with Gasteiger partial charge in [0.1, 0.15) is 0 Å². The first kappa shape index (κ1) is 14.0. The van der Waals surface area contributed by atoms with E-state index < -0.39 is 17.6 Å². The van der Waals surface area contributed by atoms with Crippen molar-refractivity contribution >= 4 is 11.6 Å². The molecule has 1 amide bonds. The van der Waals surface area contributed by atoms with Gasteiger partial charge >= 0.3 is 6.18 Å². The first-order valence-electron chi connectivity index (χ1n) is 5.77. The molecule has 20 heavy (non-hydrogen) atoms. The van der Waals surface area contributed by atoms with E-state index in [2.05, 4.69) is 10.3 Å². The summed E-state index contributed by atoms with van der Waals surface area (Å²) in [5.74, 6) is -0.468. The monoisotopic (exact) mass is 280 g/mol. The van der Waals surface area contributed by atoms with Crippen molar-refractivity contribution in [2.24, 2.45) is 0 Å². The predicted molar refractivity (Wildman–Crippen MR) is 68.4 cm³/mol. The van der Waals surface area contributed by atoms with Gasteiger partial charge in [0.05, 0.1) is 5.56 Å². The van der Waals surface area contributed by atoms with Crippen molar-refractivity contribution < 1.29 is 18.0 Å². The maximum absolute atomic E-state index is 12.6. The molecule has 0 unspecified atom stereocenters. The van der Waals surface area contributed by atoms with Crippen LogP contribution in [0.5, 0.6) is 0 Å². The number of nitrogens with one attached hydrogen (secondary N) is 1. The number of hydrogen-bond donors (Lipinski definition) is 1. The molecular weight excluding hydrogens is 269 g/mol. The third kappa shape index (κ3) is 3.14. The molecule has 0 bridgehead atoms. The van der Waals surface area contributed by atoms with Gasteiger partial charge in [0.15, 0.2) is 0 Å². The smallest absolute Gasteiger partial charge is 0.322 e. The number of amides is 1. The fourth-order valence-electron chi connectivity index (χ4n) is 1.70. The van der Waals surface area contributed by atoms with E-state index >= 15 is 0 Å². The Balaban J connectivity index is 2.23. The zero-order chi connectivity index (χ0) is 14.8. The van der Waals surface area contributed by atoms with Crippen molar-refractivity contribution in [3.63, 3.8) is 0 Å². The molecule has 2 rings (SSSR count). The van der Waals surface area contributed by atoms with Gasteiger partial charge in [-0.15, -0.1) is 0 Å². The normalized spacial score (nSPS) is 11.2. The molecule has 104 valence electrons. The zero-order valence-electron chi connectivity index (χ0n) is 10.5. The van der Waals surface area contributed by atoms with Crippen LogP contribution in [-0.2, 0) is 6.18 Å². The van der Waals surface area contributed by atoms with Gasteiger partial charge in [0, 0.05) is 23.6 Å². The van der Waals surface area contributed by atoms with E-state index in [1.165, 1.54) is 30.6 Å². The van der Waals surface area contributed by atoms with Gasteiger partial charge in [0.25, 0.3) is 5.91 Å². The van der Waals surface area contributed by atoms with Crippen molar-refractivity contribution in [3.05, 3.63) is 59.4 Å². The number of benzene rings is 1. The summed E-state index contributed by atoms with van der Waals surface area (Å²) in [5, 5.41) is 2.44. The number of pyridine rings is 1. The molecule has 1 N–H and O–H groups in total. The van der Waals surface area contributed by atoms with Crippen LogP contribution in [0.15, 0.2) is 42.7 Å². The quantitative estimate of drug-likeness (QED) is 0.912. The summed E-state index contributed by atoms with van der Waals surface area (Å²) < 4.78 is 37.7. The fraction of sp³-hybridized carbons (Fsp3) is 0.143. The SMILES string of the molecule is Cc1cnccc1C(=O)Nc1cccc(C(F)(F)F)c1. The van der Waals surface area contributed by atoms with Crippen molar-refractivity contribution in [3.8, 4) is 0 Å². The van der Waals surface area contributed by atoms with Crippen LogP contribution >= 0.6 is 0 Å². The maximum Gasteiger partial charge on any atom is 0.416 e. The lowest BCUT2D eigenvalue weighted by Gasteiger charge is -2.10. The first-order chi connectivity index (χ1) is 9.38. The molecule has 0 radical (unpaired) electrons. The molecule has 0 aliphatic carbocycles. The number of carbonyl (C=O) groups is 1. The van der Waals surface area contributed by atoms with Gasteiger partial charge in [0.2, 0.25) is 0 Å². The number of hydrogen-bond acceptors (Lipinski definition) is 2. The highest BCUT2D eigenvalue weighted by molar-refractivity contribution is 6.05. The van der Waals surface area contributed by atoms with E-state index in [1.54, 1.807) is 6.92 Å². The lowest BCUT2D eigenvalue weighted by Crippen LogP contribution is -2.14. The van der Waals surface area contributed by atoms with Crippen LogP contribution in [-0.4, -0.2) is 10.9 Å². The lowest BCUT2D eigenvalue weighted by molar-refractivity contribution is -0.137. The second-order valence-corrected chi connectivity index (χ2v) is 4.22. The molecule has 0 saturated heterocycles. The van der Waals surface area contributed by atoms with Crippen LogP contribution in [0.3, 0.4) is 0 Å². The van der Waals surface area contributed by atoms with Crippen molar-refractivity contribution in [1.82, 2.24) is 4.98 Å². The van der Waals surface area contributed by atoms with E-state index in [0.717, 1.165) is 12.1 Å². The summed E-state index contributed by atoms with van der Waals surface area (Å²) >= 11 is 0. The van der Waals surface area contributed by atoms with E-state index in [4.69, 9.17) is 0 Å². The Kier molecular flexibility index (Phi) is 3.74. The fourth-order valence-corrected chi connectivity index (χ4v) is 1.70. The molecule has 0 aliphatic rings. The molecule has 1 aromatic carbocycles. The summed E-state index contributed by atoms with van der Waals surface area (Å²) in [6.45, 7) is 1.70. The van der Waals surface area contributed by atoms with Crippen molar-refractivity contribution in [1.29, 1.82) is 0 Å². The maximum atomic E-state index is 12.6. The second kappa shape index (κ2) is 5.32. The van der Waals surface area contributed by atoms with Crippen LogP contribution < -0.4 is 5.32 Å². The molecule has 2 aromatic rings. The largest absolute Gasteiger partial charge is 0.416 e. The topological polar surface area (TPSA) is 42.0 Å². The van der Waals surface area contributed by atoms with E-state index in [0.29, 0.717) is 11.1 Å². The first-order valence-corrected chi connectivity index (χ1v) is 5.77. The Morgan fingerprint density at radius 3 is 2.65 bits per heavy atom. The van der Waals surface area contributed by atoms with Crippen LogP contribution in [0.25, 0.3) is 0 Å². The lowest BCUT2D eigenvalue weighted by atomic mass is 10.1. The third-order valence-electron chi connectivity index (χ3n) is 2.71. The minimum atomic E-state index is -4.44. The van der Waals surface area contributed by atoms with Crippen LogP contribution in [0, 0.1) is 6.92 Å². The van der Waals surface area contributed by atoms with Gasteiger partial charge in [-0.25, -0.2) is 0 Å². The van der Waals surface area contributed by atoms with E-state index in [1.807, 2.05) is 0 Å². The molecular formula is C14H11F3N2O. The molecule has 0 aliphatic heterocycles. The Hall–Kier alpha value is -2.37. The van der Waals surface area contributed by atoms with Gasteiger partial charge in [-0.3, -0.25) is 9.78 Å². The number of halogens is 3. The Morgan fingerprint density at radius 2 is 2.00 bits per heavy atom. The average molecular weight is 280 g/mol. The molecule has 3 nitrogen and oxygen atoms in total. The van der Waals surface area contributed by atoms with E-state index in [9.17, 15) is 18.0 Å². The molecule has 1 heterocycles. The highest BCUT2D eigenvalue weighted by Gasteiger charge is 2.30. The van der Waals surface area contributed by atoms with Gasteiger partial charge in [-0.2, -0.15) is 13.2 Å². The standard InChI is InChI=1S/C14H11F3N2O/c1-9-8-18-6-5-12(9)13(20)19-11-4-2-3-10(7-11)14(15,16)17/h2-8H,1H3,(H,19,20). The number of aryl methyl sites for hydroxylation is 1. The molecule has 6 heteroatoms. The Morgan fingerprint density at radius 1 is 1.25 bits per heavy atom. The Labute approximate surface area is 113 Å². The second-order valence-electron chi connectivity index (χ2n) is 4.22. The summed E-state index contributed by atoms with van der Waals surface area (Å²) in [7, 11) is 0. The number of carbonyl (C=O) groups excluding carboxylic acids is 1. The number of nitrogens with zero attached hydrogens (tertiary/aromatic N) is 1.